The lowest BCUT2D eigenvalue weighted by atomic mass is 10.0. The summed E-state index contributed by atoms with van der Waals surface area (Å²) in [5, 5.41) is 1.02. The first-order valence-electron chi connectivity index (χ1n) is 6.67. The molecular weight excluding hydrogens is 333 g/mol. The Hall–Kier alpha value is -1.65. The van der Waals surface area contributed by atoms with Crippen LogP contribution in [0.1, 0.15) is 28.5 Å². The summed E-state index contributed by atoms with van der Waals surface area (Å²) in [6, 6.07) is 10.1. The first kappa shape index (κ1) is 14.3. The van der Waals surface area contributed by atoms with Crippen LogP contribution in [-0.2, 0) is 0 Å². The van der Waals surface area contributed by atoms with Crippen molar-refractivity contribution in [3.8, 4) is 0 Å². The van der Waals surface area contributed by atoms with Crippen LogP contribution in [0.25, 0.3) is 11.0 Å². The molecule has 1 unspecified atom stereocenters. The van der Waals surface area contributed by atoms with Crippen LogP contribution in [0.15, 0.2) is 45.3 Å². The van der Waals surface area contributed by atoms with E-state index in [2.05, 4.69) is 22.0 Å². The lowest BCUT2D eigenvalue weighted by Crippen LogP contribution is -2.14. The van der Waals surface area contributed by atoms with E-state index < -0.39 is 6.04 Å². The first-order chi connectivity index (χ1) is 9.97. The number of aryl methyl sites for hydroxylation is 2. The number of halogens is 2. The van der Waals surface area contributed by atoms with Crippen molar-refractivity contribution < 1.29 is 8.81 Å². The summed E-state index contributed by atoms with van der Waals surface area (Å²) in [5.74, 6) is 0.273. The van der Waals surface area contributed by atoms with Crippen molar-refractivity contribution in [2.24, 2.45) is 5.73 Å². The number of nitrogens with two attached hydrogens (primary N) is 1. The summed E-state index contributed by atoms with van der Waals surface area (Å²) >= 11 is 3.35. The number of benzene rings is 2. The van der Waals surface area contributed by atoms with Gasteiger partial charge in [-0.25, -0.2) is 4.39 Å². The topological polar surface area (TPSA) is 39.2 Å². The van der Waals surface area contributed by atoms with Crippen LogP contribution in [0.4, 0.5) is 4.39 Å². The maximum Gasteiger partial charge on any atom is 0.134 e. The maximum absolute atomic E-state index is 14.0. The second-order valence-corrected chi connectivity index (χ2v) is 6.15. The fraction of sp³-hybridized carbons (Fsp3) is 0.176. The van der Waals surface area contributed by atoms with Crippen molar-refractivity contribution in [1.29, 1.82) is 0 Å². The summed E-state index contributed by atoms with van der Waals surface area (Å²) in [6.07, 6.45) is 0. The minimum absolute atomic E-state index is 0.332. The van der Waals surface area contributed by atoms with Crippen LogP contribution >= 0.6 is 15.9 Å². The third-order valence-corrected chi connectivity index (χ3v) is 4.20. The van der Waals surface area contributed by atoms with E-state index in [0.717, 1.165) is 26.6 Å². The Balaban J connectivity index is 2.15. The van der Waals surface area contributed by atoms with E-state index >= 15 is 0 Å². The summed E-state index contributed by atoms with van der Waals surface area (Å²) in [6.45, 7) is 3.98. The minimum Gasteiger partial charge on any atom is -0.459 e. The maximum atomic E-state index is 14.0. The molecule has 1 atom stereocenters. The van der Waals surface area contributed by atoms with E-state index in [1.54, 1.807) is 12.1 Å². The van der Waals surface area contributed by atoms with Crippen molar-refractivity contribution in [3.63, 3.8) is 0 Å². The van der Waals surface area contributed by atoms with Crippen molar-refractivity contribution in [3.05, 3.63) is 69.1 Å². The van der Waals surface area contributed by atoms with Crippen molar-refractivity contribution in [2.45, 2.75) is 19.9 Å². The predicted molar refractivity (Wildman–Crippen MR) is 85.8 cm³/mol. The van der Waals surface area contributed by atoms with Gasteiger partial charge in [-0.15, -0.1) is 0 Å². The number of hydrogen-bond donors (Lipinski definition) is 1. The van der Waals surface area contributed by atoms with E-state index in [1.165, 1.54) is 6.07 Å². The Kier molecular flexibility index (Phi) is 3.59. The predicted octanol–water partition coefficient (Wildman–Crippen LogP) is 5.00. The zero-order chi connectivity index (χ0) is 15.1. The Bertz CT molecular complexity index is 825. The van der Waals surface area contributed by atoms with Gasteiger partial charge in [-0.1, -0.05) is 27.6 Å². The molecule has 2 aromatic carbocycles. The van der Waals surface area contributed by atoms with Crippen molar-refractivity contribution in [2.75, 3.05) is 0 Å². The first-order valence-corrected chi connectivity index (χ1v) is 7.47. The highest BCUT2D eigenvalue weighted by atomic mass is 79.9. The Morgan fingerprint density at radius 2 is 1.90 bits per heavy atom. The normalized spacial score (nSPS) is 12.8. The molecule has 0 aliphatic rings. The van der Waals surface area contributed by atoms with E-state index in [0.29, 0.717) is 11.3 Å². The van der Waals surface area contributed by atoms with Crippen LogP contribution < -0.4 is 5.73 Å². The molecule has 0 saturated heterocycles. The van der Waals surface area contributed by atoms with Gasteiger partial charge in [0.25, 0.3) is 0 Å². The molecule has 0 spiro atoms. The van der Waals surface area contributed by atoms with Crippen LogP contribution in [0.5, 0.6) is 0 Å². The summed E-state index contributed by atoms with van der Waals surface area (Å²) in [7, 11) is 0. The monoisotopic (exact) mass is 347 g/mol. The molecule has 1 heterocycles. The third kappa shape index (κ3) is 2.49. The van der Waals surface area contributed by atoms with Gasteiger partial charge >= 0.3 is 0 Å². The van der Waals surface area contributed by atoms with Crippen molar-refractivity contribution in [1.82, 2.24) is 0 Å². The standard InChI is InChI=1S/C17H15BrFNO/c1-9-3-6-15-12(7-9)10(2)17(21-15)16(20)13-8-11(18)4-5-14(13)19/h3-8,16H,20H2,1-2H3. The van der Waals surface area contributed by atoms with Crippen LogP contribution in [0.2, 0.25) is 0 Å². The lowest BCUT2D eigenvalue weighted by Gasteiger charge is -2.12. The van der Waals surface area contributed by atoms with E-state index in [1.807, 2.05) is 26.0 Å². The zero-order valence-corrected chi connectivity index (χ0v) is 13.4. The van der Waals surface area contributed by atoms with Gasteiger partial charge in [-0.05, 0) is 44.2 Å². The third-order valence-electron chi connectivity index (χ3n) is 3.70. The van der Waals surface area contributed by atoms with Crippen molar-refractivity contribution >= 4 is 26.9 Å². The van der Waals surface area contributed by atoms with Crippen LogP contribution in [0.3, 0.4) is 0 Å². The molecule has 3 aromatic rings. The number of hydrogen-bond acceptors (Lipinski definition) is 2. The Morgan fingerprint density at radius 3 is 2.67 bits per heavy atom. The highest BCUT2D eigenvalue weighted by molar-refractivity contribution is 9.10. The average molecular weight is 348 g/mol. The van der Waals surface area contributed by atoms with Gasteiger partial charge in [0.05, 0.1) is 6.04 Å². The molecule has 2 nitrogen and oxygen atoms in total. The molecule has 2 N–H and O–H groups in total. The van der Waals surface area contributed by atoms with Gasteiger partial charge in [-0.3, -0.25) is 0 Å². The van der Waals surface area contributed by atoms with Gasteiger partial charge in [0, 0.05) is 21.0 Å². The summed E-state index contributed by atoms with van der Waals surface area (Å²) in [4.78, 5) is 0. The zero-order valence-electron chi connectivity index (χ0n) is 11.8. The Labute approximate surface area is 130 Å². The molecule has 3 rings (SSSR count). The molecule has 21 heavy (non-hydrogen) atoms. The molecule has 0 amide bonds. The van der Waals surface area contributed by atoms with Gasteiger partial charge in [0.15, 0.2) is 0 Å². The van der Waals surface area contributed by atoms with E-state index in [4.69, 9.17) is 10.2 Å². The molecule has 0 fully saturated rings. The molecule has 108 valence electrons. The van der Waals surface area contributed by atoms with Crippen LogP contribution in [0, 0.1) is 19.7 Å². The molecule has 0 bridgehead atoms. The molecule has 1 aromatic heterocycles. The average Bonchev–Trinajstić information content (AvgIpc) is 2.78. The largest absolute Gasteiger partial charge is 0.459 e. The molecular formula is C17H15BrFNO. The number of rotatable bonds is 2. The molecule has 0 radical (unpaired) electrons. The molecule has 0 aliphatic heterocycles. The van der Waals surface area contributed by atoms with Gasteiger partial charge in [-0.2, -0.15) is 0 Å². The Morgan fingerprint density at radius 1 is 1.14 bits per heavy atom. The van der Waals surface area contributed by atoms with Gasteiger partial charge in [0.2, 0.25) is 0 Å². The molecule has 4 heteroatoms. The lowest BCUT2D eigenvalue weighted by molar-refractivity contribution is 0.506. The quantitative estimate of drug-likeness (QED) is 0.708. The fourth-order valence-electron chi connectivity index (χ4n) is 2.54. The van der Waals surface area contributed by atoms with Crippen LogP contribution in [-0.4, -0.2) is 0 Å². The highest BCUT2D eigenvalue weighted by Crippen LogP contribution is 2.33. The van der Waals surface area contributed by atoms with Gasteiger partial charge in [0.1, 0.15) is 17.2 Å². The fourth-order valence-corrected chi connectivity index (χ4v) is 2.92. The summed E-state index contributed by atoms with van der Waals surface area (Å²) < 4.78 is 20.7. The molecule has 0 saturated carbocycles. The second-order valence-electron chi connectivity index (χ2n) is 5.23. The number of fused-ring (bicyclic) bond motifs is 1. The number of furan rings is 1. The second kappa shape index (κ2) is 5.28. The highest BCUT2D eigenvalue weighted by Gasteiger charge is 2.21. The van der Waals surface area contributed by atoms with E-state index in [9.17, 15) is 4.39 Å². The minimum atomic E-state index is -0.629. The smallest absolute Gasteiger partial charge is 0.134 e. The molecule has 0 aliphatic carbocycles. The van der Waals surface area contributed by atoms with Gasteiger partial charge < -0.3 is 10.2 Å². The summed E-state index contributed by atoms with van der Waals surface area (Å²) in [5.41, 5.74) is 9.54. The SMILES string of the molecule is Cc1ccc2oc(C(N)c3cc(Br)ccc3F)c(C)c2c1. The van der Waals surface area contributed by atoms with E-state index in [-0.39, 0.29) is 5.82 Å².